The highest BCUT2D eigenvalue weighted by atomic mass is 16.6. The lowest BCUT2D eigenvalue weighted by molar-refractivity contribution is -0.0322. The molecule has 2 saturated carbocycles. The minimum atomic E-state index is -0.328. The largest absolute Gasteiger partial charge is 0.390 e. The molecule has 1 aliphatic heterocycles. The Hall–Kier alpha value is -0.340. The van der Waals surface area contributed by atoms with Crippen LogP contribution in [0.5, 0.6) is 0 Å². The van der Waals surface area contributed by atoms with Gasteiger partial charge in [-0.25, -0.2) is 0 Å². The molecule has 0 amide bonds. The topological polar surface area (TPSA) is 32.8 Å². The van der Waals surface area contributed by atoms with Gasteiger partial charge < -0.3 is 9.84 Å². The first kappa shape index (κ1) is 11.7. The zero-order valence-electron chi connectivity index (χ0n) is 11.2. The maximum Gasteiger partial charge on any atom is 0.114 e. The Morgan fingerprint density at radius 3 is 2.82 bits per heavy atom. The minimum Gasteiger partial charge on any atom is -0.390 e. The molecule has 6 atom stereocenters. The van der Waals surface area contributed by atoms with Gasteiger partial charge in [-0.3, -0.25) is 0 Å². The molecule has 2 aliphatic carbocycles. The lowest BCUT2D eigenvalue weighted by Crippen LogP contribution is -2.54. The number of ether oxygens (including phenoxy) is 1. The van der Waals surface area contributed by atoms with Crippen LogP contribution in [-0.2, 0) is 4.74 Å². The number of epoxide rings is 1. The molecule has 0 aromatic carbocycles. The van der Waals surface area contributed by atoms with Crippen molar-refractivity contribution < 1.29 is 9.84 Å². The van der Waals surface area contributed by atoms with Crippen LogP contribution in [0.3, 0.4) is 0 Å². The van der Waals surface area contributed by atoms with Gasteiger partial charge >= 0.3 is 0 Å². The Balaban J connectivity index is 1.97. The zero-order valence-corrected chi connectivity index (χ0v) is 11.2. The molecule has 3 rings (SSSR count). The molecular formula is C15H24O2. The van der Waals surface area contributed by atoms with Gasteiger partial charge in [-0.15, -0.1) is 0 Å². The maximum absolute atomic E-state index is 10.4. The first-order valence-electron chi connectivity index (χ1n) is 6.94. The molecule has 3 aliphatic rings. The Bertz CT molecular complexity index is 364. The third-order valence-corrected chi connectivity index (χ3v) is 5.98. The van der Waals surface area contributed by atoms with Crippen LogP contribution in [0.4, 0.5) is 0 Å². The van der Waals surface area contributed by atoms with Gasteiger partial charge in [-0.1, -0.05) is 32.4 Å². The molecule has 2 heteroatoms. The van der Waals surface area contributed by atoms with Crippen LogP contribution in [0.15, 0.2) is 12.2 Å². The summed E-state index contributed by atoms with van der Waals surface area (Å²) in [4.78, 5) is 0. The van der Waals surface area contributed by atoms with Gasteiger partial charge in [0, 0.05) is 11.3 Å². The summed E-state index contributed by atoms with van der Waals surface area (Å²) in [6.07, 6.45) is 4.47. The summed E-state index contributed by atoms with van der Waals surface area (Å²) in [5, 5.41) is 10.4. The fourth-order valence-electron chi connectivity index (χ4n) is 4.52. The summed E-state index contributed by atoms with van der Waals surface area (Å²) < 4.78 is 6.04. The van der Waals surface area contributed by atoms with Crippen molar-refractivity contribution in [2.45, 2.75) is 64.3 Å². The highest BCUT2D eigenvalue weighted by Crippen LogP contribution is 2.67. The van der Waals surface area contributed by atoms with E-state index in [4.69, 9.17) is 4.74 Å². The Labute approximate surface area is 104 Å². The summed E-state index contributed by atoms with van der Waals surface area (Å²) in [5.41, 5.74) is 1.34. The van der Waals surface area contributed by atoms with Gasteiger partial charge in [0.2, 0.25) is 0 Å². The van der Waals surface area contributed by atoms with E-state index in [1.807, 2.05) is 6.92 Å². The summed E-state index contributed by atoms with van der Waals surface area (Å²) in [6, 6.07) is 0. The highest BCUT2D eigenvalue weighted by Gasteiger charge is 2.74. The van der Waals surface area contributed by atoms with Crippen molar-refractivity contribution in [2.24, 2.45) is 17.3 Å². The fraction of sp³-hybridized carbons (Fsp3) is 0.867. The molecule has 1 spiro atoms. The third kappa shape index (κ3) is 1.29. The lowest BCUT2D eigenvalue weighted by Gasteiger charge is -2.50. The molecule has 0 unspecified atom stereocenters. The molecule has 3 fully saturated rings. The fourth-order valence-corrected chi connectivity index (χ4v) is 4.52. The number of hydrogen-bond donors (Lipinski definition) is 1. The highest BCUT2D eigenvalue weighted by molar-refractivity contribution is 5.25. The van der Waals surface area contributed by atoms with Crippen molar-refractivity contribution in [3.8, 4) is 0 Å². The monoisotopic (exact) mass is 236 g/mol. The van der Waals surface area contributed by atoms with E-state index in [1.54, 1.807) is 0 Å². The van der Waals surface area contributed by atoms with Crippen molar-refractivity contribution in [1.82, 2.24) is 0 Å². The zero-order chi connectivity index (χ0) is 12.4. The first-order chi connectivity index (χ1) is 7.92. The van der Waals surface area contributed by atoms with Gasteiger partial charge in [0.25, 0.3) is 0 Å². The Morgan fingerprint density at radius 1 is 1.47 bits per heavy atom. The molecule has 1 N–H and O–H groups in total. The standard InChI is InChI=1S/C15H24O2/c1-9(2)11-8-14(4)10(3)6-5-7-15(14)13(17-15)12(11)16/h10-13,16H,1,5-8H2,2-4H3/t10-,11+,12-,13-,14+,15-/m1/s1. The second-order valence-corrected chi connectivity index (χ2v) is 6.79. The van der Waals surface area contributed by atoms with Crippen LogP contribution in [-0.4, -0.2) is 22.9 Å². The van der Waals surface area contributed by atoms with Crippen molar-refractivity contribution >= 4 is 0 Å². The van der Waals surface area contributed by atoms with E-state index in [0.29, 0.717) is 5.92 Å². The average molecular weight is 236 g/mol. The summed E-state index contributed by atoms with van der Waals surface area (Å²) in [5.74, 6) is 0.914. The van der Waals surface area contributed by atoms with E-state index in [1.165, 1.54) is 12.8 Å². The smallest absolute Gasteiger partial charge is 0.114 e. The van der Waals surface area contributed by atoms with Gasteiger partial charge in [-0.05, 0) is 32.1 Å². The molecule has 17 heavy (non-hydrogen) atoms. The number of aliphatic hydroxyl groups excluding tert-OH is 1. The number of rotatable bonds is 1. The van der Waals surface area contributed by atoms with E-state index in [-0.39, 0.29) is 29.1 Å². The molecule has 0 aromatic heterocycles. The van der Waals surface area contributed by atoms with Crippen molar-refractivity contribution in [2.75, 3.05) is 0 Å². The van der Waals surface area contributed by atoms with Crippen LogP contribution in [0, 0.1) is 17.3 Å². The van der Waals surface area contributed by atoms with E-state index < -0.39 is 0 Å². The lowest BCUT2D eigenvalue weighted by atomic mass is 9.52. The molecule has 96 valence electrons. The van der Waals surface area contributed by atoms with E-state index in [9.17, 15) is 5.11 Å². The normalized spacial score (nSPS) is 56.9. The van der Waals surface area contributed by atoms with Crippen LogP contribution in [0.25, 0.3) is 0 Å². The molecule has 0 bridgehead atoms. The van der Waals surface area contributed by atoms with Gasteiger partial charge in [0.15, 0.2) is 0 Å². The van der Waals surface area contributed by atoms with Gasteiger partial charge in [0.05, 0.1) is 6.10 Å². The average Bonchev–Trinajstić information content (AvgIpc) is 2.98. The quantitative estimate of drug-likeness (QED) is 0.561. The number of aliphatic hydroxyl groups is 1. The SMILES string of the molecule is C=C(C)[C@@H]1C[C@@]2(C)[C@H](C)CCC[C@]23O[C@@H]3[C@@H]1O. The Kier molecular flexibility index (Phi) is 2.32. The van der Waals surface area contributed by atoms with Gasteiger partial charge in [0.1, 0.15) is 11.7 Å². The van der Waals surface area contributed by atoms with E-state index >= 15 is 0 Å². The summed E-state index contributed by atoms with van der Waals surface area (Å²) in [7, 11) is 0. The molecule has 2 nitrogen and oxygen atoms in total. The Morgan fingerprint density at radius 2 is 2.18 bits per heavy atom. The first-order valence-corrected chi connectivity index (χ1v) is 6.94. The van der Waals surface area contributed by atoms with E-state index in [2.05, 4.69) is 20.4 Å². The second-order valence-electron chi connectivity index (χ2n) is 6.79. The van der Waals surface area contributed by atoms with Crippen molar-refractivity contribution in [3.05, 3.63) is 12.2 Å². The van der Waals surface area contributed by atoms with Crippen LogP contribution in [0.1, 0.15) is 46.5 Å². The summed E-state index contributed by atoms with van der Waals surface area (Å²) in [6.45, 7) is 10.8. The third-order valence-electron chi connectivity index (χ3n) is 5.98. The number of hydrogen-bond acceptors (Lipinski definition) is 2. The van der Waals surface area contributed by atoms with Crippen LogP contribution < -0.4 is 0 Å². The maximum atomic E-state index is 10.4. The minimum absolute atomic E-state index is 0.00394. The molecular weight excluding hydrogens is 212 g/mol. The predicted molar refractivity (Wildman–Crippen MR) is 67.7 cm³/mol. The van der Waals surface area contributed by atoms with Crippen molar-refractivity contribution in [3.63, 3.8) is 0 Å². The predicted octanol–water partition coefficient (Wildman–Crippen LogP) is 2.91. The molecule has 1 heterocycles. The second kappa shape index (κ2) is 3.36. The van der Waals surface area contributed by atoms with Crippen LogP contribution in [0.2, 0.25) is 0 Å². The van der Waals surface area contributed by atoms with Crippen LogP contribution >= 0.6 is 0 Å². The van der Waals surface area contributed by atoms with Crippen molar-refractivity contribution in [1.29, 1.82) is 0 Å². The summed E-state index contributed by atoms with van der Waals surface area (Å²) >= 11 is 0. The molecule has 1 saturated heterocycles. The molecule has 0 radical (unpaired) electrons. The molecule has 0 aromatic rings. The van der Waals surface area contributed by atoms with E-state index in [0.717, 1.165) is 18.4 Å². The van der Waals surface area contributed by atoms with Gasteiger partial charge in [-0.2, -0.15) is 0 Å².